The molecule has 0 bridgehead atoms. The first-order valence-electron chi connectivity index (χ1n) is 5.90. The predicted molar refractivity (Wildman–Crippen MR) is 68.6 cm³/mol. The summed E-state index contributed by atoms with van der Waals surface area (Å²) in [5, 5.41) is 3.44. The smallest absolute Gasteiger partial charge is 0.0570 e. The molecule has 2 aromatic heterocycles. The van der Waals surface area contributed by atoms with Gasteiger partial charge >= 0.3 is 0 Å². The van der Waals surface area contributed by atoms with Crippen molar-refractivity contribution in [1.82, 2.24) is 15.3 Å². The summed E-state index contributed by atoms with van der Waals surface area (Å²) in [5.41, 5.74) is 2.20. The fraction of sp³-hybridized carbons (Fsp3) is 0.286. The van der Waals surface area contributed by atoms with Crippen LogP contribution in [0.3, 0.4) is 0 Å². The van der Waals surface area contributed by atoms with Gasteiger partial charge in [-0.3, -0.25) is 9.97 Å². The van der Waals surface area contributed by atoms with Gasteiger partial charge in [-0.2, -0.15) is 0 Å². The molecule has 88 valence electrons. The predicted octanol–water partition coefficient (Wildman–Crippen LogP) is 2.37. The van der Waals surface area contributed by atoms with Crippen molar-refractivity contribution < 1.29 is 0 Å². The highest BCUT2D eigenvalue weighted by Crippen LogP contribution is 2.07. The Morgan fingerprint density at radius 1 is 1.06 bits per heavy atom. The first kappa shape index (κ1) is 11.7. The van der Waals surface area contributed by atoms with Crippen LogP contribution in [0.4, 0.5) is 0 Å². The number of nitrogens with one attached hydrogen (secondary N) is 1. The summed E-state index contributed by atoms with van der Waals surface area (Å²) >= 11 is 0. The first-order valence-corrected chi connectivity index (χ1v) is 5.90. The monoisotopic (exact) mass is 227 g/mol. The summed E-state index contributed by atoms with van der Waals surface area (Å²) in [4.78, 5) is 8.62. The molecule has 0 saturated heterocycles. The molecule has 0 aliphatic rings. The van der Waals surface area contributed by atoms with E-state index < -0.39 is 0 Å². The third-order valence-corrected chi connectivity index (χ3v) is 2.69. The standard InChI is InChI=1S/C14H17N3/c1-12(14-7-3-5-10-17-14)15-11-8-13-6-2-4-9-16-13/h2-7,9-10,12,15H,8,11H2,1H3. The number of rotatable bonds is 5. The van der Waals surface area contributed by atoms with Crippen molar-refractivity contribution in [2.75, 3.05) is 6.54 Å². The molecule has 0 aliphatic heterocycles. The van der Waals surface area contributed by atoms with Gasteiger partial charge in [0.1, 0.15) is 0 Å². The SMILES string of the molecule is CC(NCCc1ccccn1)c1ccccn1. The molecular weight excluding hydrogens is 210 g/mol. The van der Waals surface area contributed by atoms with Crippen molar-refractivity contribution in [3.05, 3.63) is 60.2 Å². The third-order valence-electron chi connectivity index (χ3n) is 2.69. The van der Waals surface area contributed by atoms with Gasteiger partial charge in [0.2, 0.25) is 0 Å². The molecule has 1 unspecified atom stereocenters. The minimum atomic E-state index is 0.278. The molecule has 2 heterocycles. The van der Waals surface area contributed by atoms with Gasteiger partial charge in [0.25, 0.3) is 0 Å². The Kier molecular flexibility index (Phi) is 4.22. The van der Waals surface area contributed by atoms with Gasteiger partial charge in [-0.05, 0) is 31.2 Å². The van der Waals surface area contributed by atoms with Crippen molar-refractivity contribution in [1.29, 1.82) is 0 Å². The highest BCUT2D eigenvalue weighted by atomic mass is 14.9. The molecule has 3 heteroatoms. The van der Waals surface area contributed by atoms with Crippen LogP contribution in [0.5, 0.6) is 0 Å². The van der Waals surface area contributed by atoms with Crippen LogP contribution in [-0.2, 0) is 6.42 Å². The van der Waals surface area contributed by atoms with Crippen LogP contribution in [-0.4, -0.2) is 16.5 Å². The molecule has 1 atom stereocenters. The second kappa shape index (κ2) is 6.11. The minimum absolute atomic E-state index is 0.278. The van der Waals surface area contributed by atoms with E-state index in [1.54, 1.807) is 0 Å². The number of aromatic nitrogens is 2. The third kappa shape index (κ3) is 3.64. The topological polar surface area (TPSA) is 37.8 Å². The van der Waals surface area contributed by atoms with Crippen LogP contribution in [0.1, 0.15) is 24.4 Å². The van der Waals surface area contributed by atoms with Gasteiger partial charge in [0, 0.05) is 37.1 Å². The Balaban J connectivity index is 1.79. The van der Waals surface area contributed by atoms with Gasteiger partial charge in [-0.25, -0.2) is 0 Å². The average molecular weight is 227 g/mol. The summed E-state index contributed by atoms with van der Waals surface area (Å²) in [6, 6.07) is 12.3. The van der Waals surface area contributed by atoms with Crippen LogP contribution in [0.15, 0.2) is 48.8 Å². The molecule has 0 aromatic carbocycles. The molecule has 3 nitrogen and oxygen atoms in total. The minimum Gasteiger partial charge on any atom is -0.308 e. The molecule has 0 radical (unpaired) electrons. The molecule has 0 aliphatic carbocycles. The maximum absolute atomic E-state index is 4.33. The molecule has 2 aromatic rings. The van der Waals surface area contributed by atoms with Crippen LogP contribution >= 0.6 is 0 Å². The van der Waals surface area contributed by atoms with Crippen LogP contribution < -0.4 is 5.32 Å². The number of pyridine rings is 2. The number of hydrogen-bond donors (Lipinski definition) is 1. The Morgan fingerprint density at radius 2 is 1.82 bits per heavy atom. The summed E-state index contributed by atoms with van der Waals surface area (Å²) in [5.74, 6) is 0. The van der Waals surface area contributed by atoms with Gasteiger partial charge in [-0.15, -0.1) is 0 Å². The van der Waals surface area contributed by atoms with E-state index in [2.05, 4.69) is 22.2 Å². The van der Waals surface area contributed by atoms with Crippen molar-refractivity contribution in [2.45, 2.75) is 19.4 Å². The Morgan fingerprint density at radius 3 is 2.47 bits per heavy atom. The molecule has 17 heavy (non-hydrogen) atoms. The lowest BCUT2D eigenvalue weighted by Crippen LogP contribution is -2.22. The van der Waals surface area contributed by atoms with E-state index in [0.29, 0.717) is 0 Å². The van der Waals surface area contributed by atoms with Crippen LogP contribution in [0.2, 0.25) is 0 Å². The second-order valence-corrected chi connectivity index (χ2v) is 4.00. The van der Waals surface area contributed by atoms with Crippen molar-refractivity contribution in [3.8, 4) is 0 Å². The van der Waals surface area contributed by atoms with Crippen molar-refractivity contribution in [3.63, 3.8) is 0 Å². The average Bonchev–Trinajstić information content (AvgIpc) is 2.41. The summed E-state index contributed by atoms with van der Waals surface area (Å²) in [7, 11) is 0. The molecule has 0 saturated carbocycles. The van der Waals surface area contributed by atoms with Crippen LogP contribution in [0.25, 0.3) is 0 Å². The van der Waals surface area contributed by atoms with E-state index in [1.807, 2.05) is 48.8 Å². The molecule has 0 fully saturated rings. The van der Waals surface area contributed by atoms with Crippen LogP contribution in [0, 0.1) is 0 Å². The maximum atomic E-state index is 4.33. The van der Waals surface area contributed by atoms with E-state index in [0.717, 1.165) is 24.4 Å². The maximum Gasteiger partial charge on any atom is 0.0570 e. The fourth-order valence-electron chi connectivity index (χ4n) is 1.70. The number of nitrogens with zero attached hydrogens (tertiary/aromatic N) is 2. The lowest BCUT2D eigenvalue weighted by Gasteiger charge is -2.12. The second-order valence-electron chi connectivity index (χ2n) is 4.00. The largest absolute Gasteiger partial charge is 0.308 e. The van der Waals surface area contributed by atoms with Crippen molar-refractivity contribution in [2.24, 2.45) is 0 Å². The van der Waals surface area contributed by atoms with E-state index in [9.17, 15) is 0 Å². The zero-order chi connectivity index (χ0) is 11.9. The molecule has 1 N–H and O–H groups in total. The quantitative estimate of drug-likeness (QED) is 0.852. The highest BCUT2D eigenvalue weighted by molar-refractivity contribution is 5.08. The zero-order valence-corrected chi connectivity index (χ0v) is 10.0. The number of hydrogen-bond acceptors (Lipinski definition) is 3. The fourth-order valence-corrected chi connectivity index (χ4v) is 1.70. The first-order chi connectivity index (χ1) is 8.36. The lowest BCUT2D eigenvalue weighted by molar-refractivity contribution is 0.561. The summed E-state index contributed by atoms with van der Waals surface area (Å²) in [6.45, 7) is 3.04. The van der Waals surface area contributed by atoms with Gasteiger partial charge < -0.3 is 5.32 Å². The molecule has 0 spiro atoms. The Hall–Kier alpha value is -1.74. The van der Waals surface area contributed by atoms with Crippen molar-refractivity contribution >= 4 is 0 Å². The van der Waals surface area contributed by atoms with E-state index >= 15 is 0 Å². The van der Waals surface area contributed by atoms with E-state index in [-0.39, 0.29) is 6.04 Å². The summed E-state index contributed by atoms with van der Waals surface area (Å²) in [6.07, 6.45) is 4.60. The highest BCUT2D eigenvalue weighted by Gasteiger charge is 2.04. The molecule has 0 amide bonds. The molecular formula is C14H17N3. The van der Waals surface area contributed by atoms with Gasteiger partial charge in [0.05, 0.1) is 5.69 Å². The normalized spacial score (nSPS) is 12.3. The van der Waals surface area contributed by atoms with E-state index in [1.165, 1.54) is 0 Å². The van der Waals surface area contributed by atoms with Gasteiger partial charge in [0.15, 0.2) is 0 Å². The van der Waals surface area contributed by atoms with Gasteiger partial charge in [-0.1, -0.05) is 12.1 Å². The summed E-state index contributed by atoms with van der Waals surface area (Å²) < 4.78 is 0. The zero-order valence-electron chi connectivity index (χ0n) is 10.0. The van der Waals surface area contributed by atoms with E-state index in [4.69, 9.17) is 0 Å². The molecule has 2 rings (SSSR count). The Labute approximate surface area is 102 Å². The lowest BCUT2D eigenvalue weighted by atomic mass is 10.2. The Bertz CT molecular complexity index is 428.